The second-order valence-electron chi connectivity index (χ2n) is 7.56. The molecule has 2 nitrogen and oxygen atoms in total. The molecule has 0 saturated carbocycles. The molecule has 25 heavy (non-hydrogen) atoms. The molecule has 1 aliphatic rings. The Balaban J connectivity index is 1.92. The SMILES string of the molecule is CC1(C)c2cc(N)ccc2-c2cc3c(N)c4ccccc4cc3cc21. The fraction of sp³-hybridized carbons (Fsp3) is 0.130. The van der Waals surface area contributed by atoms with E-state index >= 15 is 0 Å². The highest BCUT2D eigenvalue weighted by Gasteiger charge is 2.35. The summed E-state index contributed by atoms with van der Waals surface area (Å²) in [5.41, 5.74) is 19.4. The van der Waals surface area contributed by atoms with Gasteiger partial charge in [-0.1, -0.05) is 44.2 Å². The fourth-order valence-electron chi connectivity index (χ4n) is 4.35. The number of hydrogen-bond donors (Lipinski definition) is 2. The summed E-state index contributed by atoms with van der Waals surface area (Å²) in [7, 11) is 0. The Morgan fingerprint density at radius 1 is 0.680 bits per heavy atom. The lowest BCUT2D eigenvalue weighted by atomic mass is 9.81. The minimum atomic E-state index is -0.0609. The number of rotatable bonds is 0. The lowest BCUT2D eigenvalue weighted by Crippen LogP contribution is -2.15. The van der Waals surface area contributed by atoms with E-state index < -0.39 is 0 Å². The molecule has 0 aliphatic heterocycles. The lowest BCUT2D eigenvalue weighted by Gasteiger charge is -2.22. The van der Waals surface area contributed by atoms with Crippen molar-refractivity contribution in [2.75, 3.05) is 11.5 Å². The van der Waals surface area contributed by atoms with Crippen LogP contribution in [0, 0.1) is 0 Å². The number of fused-ring (bicyclic) bond motifs is 5. The molecule has 2 heteroatoms. The number of anilines is 2. The first-order chi connectivity index (χ1) is 12.0. The number of hydrogen-bond acceptors (Lipinski definition) is 2. The van der Waals surface area contributed by atoms with Crippen molar-refractivity contribution in [2.45, 2.75) is 19.3 Å². The van der Waals surface area contributed by atoms with Crippen LogP contribution in [0.1, 0.15) is 25.0 Å². The van der Waals surface area contributed by atoms with Crippen molar-refractivity contribution in [1.29, 1.82) is 0 Å². The van der Waals surface area contributed by atoms with Crippen molar-refractivity contribution in [3.8, 4) is 11.1 Å². The molecule has 0 saturated heterocycles. The van der Waals surface area contributed by atoms with Crippen LogP contribution in [0.3, 0.4) is 0 Å². The summed E-state index contributed by atoms with van der Waals surface area (Å²) in [6.07, 6.45) is 0. The highest BCUT2D eigenvalue weighted by molar-refractivity contribution is 6.12. The van der Waals surface area contributed by atoms with Crippen LogP contribution in [0.2, 0.25) is 0 Å². The third kappa shape index (κ3) is 1.79. The predicted molar refractivity (Wildman–Crippen MR) is 108 cm³/mol. The molecule has 0 spiro atoms. The number of benzene rings is 4. The van der Waals surface area contributed by atoms with Gasteiger partial charge in [0, 0.05) is 27.6 Å². The standard InChI is InChI=1S/C23H20N2/c1-23(2)20-10-14-9-13-5-3-4-6-16(13)22(25)18(14)12-19(20)17-8-7-15(24)11-21(17)23/h3-12H,24-25H2,1-2H3. The minimum Gasteiger partial charge on any atom is -0.399 e. The molecule has 4 aromatic rings. The summed E-state index contributed by atoms with van der Waals surface area (Å²) in [4.78, 5) is 0. The minimum absolute atomic E-state index is 0.0609. The Morgan fingerprint density at radius 3 is 2.28 bits per heavy atom. The second kappa shape index (κ2) is 4.54. The molecular formula is C23H20N2. The molecule has 0 unspecified atom stereocenters. The van der Waals surface area contributed by atoms with Crippen molar-refractivity contribution in [3.05, 3.63) is 71.8 Å². The zero-order chi connectivity index (χ0) is 17.3. The molecule has 0 radical (unpaired) electrons. The van der Waals surface area contributed by atoms with E-state index in [1.165, 1.54) is 33.0 Å². The molecule has 0 amide bonds. The van der Waals surface area contributed by atoms with Crippen LogP contribution in [0.25, 0.3) is 32.7 Å². The van der Waals surface area contributed by atoms with Gasteiger partial charge in [-0.2, -0.15) is 0 Å². The van der Waals surface area contributed by atoms with Crippen molar-refractivity contribution in [2.24, 2.45) is 0 Å². The van der Waals surface area contributed by atoms with Crippen molar-refractivity contribution in [3.63, 3.8) is 0 Å². The second-order valence-corrected chi connectivity index (χ2v) is 7.56. The molecule has 0 atom stereocenters. The molecular weight excluding hydrogens is 304 g/mol. The van der Waals surface area contributed by atoms with Crippen LogP contribution in [-0.2, 0) is 5.41 Å². The van der Waals surface area contributed by atoms with E-state index in [9.17, 15) is 0 Å². The summed E-state index contributed by atoms with van der Waals surface area (Å²) in [5.74, 6) is 0. The average molecular weight is 324 g/mol. The molecule has 4 N–H and O–H groups in total. The molecule has 1 aliphatic carbocycles. The third-order valence-corrected chi connectivity index (χ3v) is 5.72. The van der Waals surface area contributed by atoms with Crippen LogP contribution < -0.4 is 11.5 Å². The third-order valence-electron chi connectivity index (χ3n) is 5.72. The van der Waals surface area contributed by atoms with Gasteiger partial charge in [0.2, 0.25) is 0 Å². The largest absolute Gasteiger partial charge is 0.399 e. The summed E-state index contributed by atoms with van der Waals surface area (Å²) >= 11 is 0. The quantitative estimate of drug-likeness (QED) is 0.333. The monoisotopic (exact) mass is 324 g/mol. The van der Waals surface area contributed by atoms with Crippen molar-refractivity contribution < 1.29 is 0 Å². The highest BCUT2D eigenvalue weighted by atomic mass is 14.6. The molecule has 5 rings (SSSR count). The average Bonchev–Trinajstić information content (AvgIpc) is 2.81. The van der Waals surface area contributed by atoms with Crippen LogP contribution >= 0.6 is 0 Å². The Morgan fingerprint density at radius 2 is 1.44 bits per heavy atom. The van der Waals surface area contributed by atoms with E-state index in [2.05, 4.69) is 62.4 Å². The molecule has 0 bridgehead atoms. The van der Waals surface area contributed by atoms with E-state index in [0.29, 0.717) is 0 Å². The topological polar surface area (TPSA) is 52.0 Å². The van der Waals surface area contributed by atoms with Crippen LogP contribution in [0.5, 0.6) is 0 Å². The first kappa shape index (κ1) is 14.4. The molecule has 0 aromatic heterocycles. The van der Waals surface area contributed by atoms with Crippen LogP contribution in [-0.4, -0.2) is 0 Å². The van der Waals surface area contributed by atoms with E-state index in [4.69, 9.17) is 11.5 Å². The normalized spacial score (nSPS) is 14.6. The zero-order valence-electron chi connectivity index (χ0n) is 14.4. The zero-order valence-corrected chi connectivity index (χ0v) is 14.4. The van der Waals surface area contributed by atoms with Gasteiger partial charge in [-0.25, -0.2) is 0 Å². The summed E-state index contributed by atoms with van der Waals surface area (Å²) < 4.78 is 0. The Labute approximate surface area is 147 Å². The maximum atomic E-state index is 6.54. The van der Waals surface area contributed by atoms with E-state index in [0.717, 1.165) is 22.1 Å². The van der Waals surface area contributed by atoms with Crippen molar-refractivity contribution in [1.82, 2.24) is 0 Å². The summed E-state index contributed by atoms with van der Waals surface area (Å²) in [6, 6.07) is 21.4. The van der Waals surface area contributed by atoms with E-state index in [1.807, 2.05) is 12.1 Å². The van der Waals surface area contributed by atoms with Crippen LogP contribution in [0.15, 0.2) is 60.7 Å². The Bertz CT molecular complexity index is 1190. The van der Waals surface area contributed by atoms with Crippen molar-refractivity contribution >= 4 is 32.9 Å². The van der Waals surface area contributed by atoms with Gasteiger partial charge in [0.25, 0.3) is 0 Å². The Hall–Kier alpha value is -3.00. The van der Waals surface area contributed by atoms with E-state index in [1.54, 1.807) is 0 Å². The van der Waals surface area contributed by atoms with Gasteiger partial charge in [-0.15, -0.1) is 0 Å². The highest BCUT2D eigenvalue weighted by Crippen LogP contribution is 2.51. The first-order valence-corrected chi connectivity index (χ1v) is 8.62. The maximum Gasteiger partial charge on any atom is 0.0473 e. The van der Waals surface area contributed by atoms with Crippen LogP contribution in [0.4, 0.5) is 11.4 Å². The first-order valence-electron chi connectivity index (χ1n) is 8.62. The summed E-state index contributed by atoms with van der Waals surface area (Å²) in [6.45, 7) is 4.54. The fourth-order valence-corrected chi connectivity index (χ4v) is 4.35. The van der Waals surface area contributed by atoms with Gasteiger partial charge in [0.1, 0.15) is 0 Å². The van der Waals surface area contributed by atoms with Gasteiger partial charge in [-0.3, -0.25) is 0 Å². The molecule has 122 valence electrons. The molecule has 0 fully saturated rings. The number of nitrogen functional groups attached to an aromatic ring is 2. The van der Waals surface area contributed by atoms with E-state index in [-0.39, 0.29) is 5.41 Å². The van der Waals surface area contributed by atoms with Gasteiger partial charge >= 0.3 is 0 Å². The number of nitrogens with two attached hydrogens (primary N) is 2. The van der Waals surface area contributed by atoms with Gasteiger partial charge in [0.15, 0.2) is 0 Å². The van der Waals surface area contributed by atoms with Gasteiger partial charge in [0.05, 0.1) is 0 Å². The maximum absolute atomic E-state index is 6.54. The Kier molecular flexibility index (Phi) is 2.61. The van der Waals surface area contributed by atoms with Gasteiger partial charge < -0.3 is 11.5 Å². The van der Waals surface area contributed by atoms with Gasteiger partial charge in [-0.05, 0) is 63.4 Å². The summed E-state index contributed by atoms with van der Waals surface area (Å²) in [5, 5.41) is 4.62. The molecule has 0 heterocycles. The smallest absolute Gasteiger partial charge is 0.0473 e. The lowest BCUT2D eigenvalue weighted by molar-refractivity contribution is 0.661. The molecule has 4 aromatic carbocycles. The predicted octanol–water partition coefficient (Wildman–Crippen LogP) is 5.46.